The normalized spacial score (nSPS) is 20.0. The van der Waals surface area contributed by atoms with Crippen molar-refractivity contribution in [1.29, 1.82) is 0 Å². The second-order valence-corrected chi connectivity index (χ2v) is 8.87. The molecular formula is C22H29N3O2S. The van der Waals surface area contributed by atoms with Gasteiger partial charge in [0.1, 0.15) is 9.88 Å². The molecular weight excluding hydrogens is 370 g/mol. The number of aryl methyl sites for hydroxylation is 1. The summed E-state index contributed by atoms with van der Waals surface area (Å²) in [6.07, 6.45) is 6.10. The molecule has 28 heavy (non-hydrogen) atoms. The average Bonchev–Trinajstić information content (AvgIpc) is 3.16. The molecule has 0 unspecified atom stereocenters. The first-order valence-electron chi connectivity index (χ1n) is 10.3. The number of nitrogens with one attached hydrogen (secondary N) is 1. The zero-order chi connectivity index (χ0) is 19.4. The van der Waals surface area contributed by atoms with Gasteiger partial charge in [-0.2, -0.15) is 0 Å². The number of hydrogen-bond donors (Lipinski definition) is 1. The minimum Gasteiger partial charge on any atom is -0.379 e. The Morgan fingerprint density at radius 1 is 1.18 bits per heavy atom. The molecule has 1 aliphatic heterocycles. The van der Waals surface area contributed by atoms with Gasteiger partial charge in [0.25, 0.3) is 5.91 Å². The Bertz CT molecular complexity index is 793. The summed E-state index contributed by atoms with van der Waals surface area (Å²) in [5.74, 6) is 0.00962. The fourth-order valence-electron chi connectivity index (χ4n) is 4.49. The number of ether oxygens (including phenoxy) is 1. The summed E-state index contributed by atoms with van der Waals surface area (Å²) in [4.78, 5) is 20.9. The molecule has 2 aromatic rings. The summed E-state index contributed by atoms with van der Waals surface area (Å²) >= 11 is 1.49. The molecule has 2 heterocycles. The molecule has 6 heteroatoms. The third kappa shape index (κ3) is 4.14. The van der Waals surface area contributed by atoms with Crippen molar-refractivity contribution in [1.82, 2.24) is 15.2 Å². The first-order chi connectivity index (χ1) is 13.7. The van der Waals surface area contributed by atoms with Gasteiger partial charge in [0, 0.05) is 30.7 Å². The van der Waals surface area contributed by atoms with Crippen molar-refractivity contribution in [3.8, 4) is 10.6 Å². The largest absolute Gasteiger partial charge is 0.379 e. The van der Waals surface area contributed by atoms with Gasteiger partial charge in [0.2, 0.25) is 0 Å². The molecule has 0 spiro atoms. The highest BCUT2D eigenvalue weighted by Crippen LogP contribution is 2.34. The van der Waals surface area contributed by atoms with E-state index in [9.17, 15) is 4.79 Å². The van der Waals surface area contributed by atoms with E-state index in [0.717, 1.165) is 60.3 Å². The maximum Gasteiger partial charge on any atom is 0.263 e. The summed E-state index contributed by atoms with van der Waals surface area (Å²) < 4.78 is 5.56. The molecule has 0 atom stereocenters. The number of amides is 1. The maximum absolute atomic E-state index is 13.0. The van der Waals surface area contributed by atoms with Gasteiger partial charge in [-0.25, -0.2) is 4.98 Å². The van der Waals surface area contributed by atoms with Crippen LogP contribution in [-0.4, -0.2) is 54.2 Å². The summed E-state index contributed by atoms with van der Waals surface area (Å²) in [6.45, 7) is 6.16. The van der Waals surface area contributed by atoms with E-state index in [1.807, 2.05) is 37.3 Å². The predicted molar refractivity (Wildman–Crippen MR) is 113 cm³/mol. The van der Waals surface area contributed by atoms with Crippen LogP contribution in [0.15, 0.2) is 30.3 Å². The van der Waals surface area contributed by atoms with Crippen molar-refractivity contribution >= 4 is 17.2 Å². The molecule has 2 aliphatic rings. The maximum atomic E-state index is 13.0. The minimum absolute atomic E-state index is 0.00962. The van der Waals surface area contributed by atoms with E-state index in [-0.39, 0.29) is 11.4 Å². The van der Waals surface area contributed by atoms with Crippen LogP contribution in [0.4, 0.5) is 0 Å². The Morgan fingerprint density at radius 3 is 2.61 bits per heavy atom. The molecule has 1 aliphatic carbocycles. The van der Waals surface area contributed by atoms with Crippen LogP contribution in [0.25, 0.3) is 10.6 Å². The van der Waals surface area contributed by atoms with Crippen molar-refractivity contribution < 1.29 is 9.53 Å². The fraction of sp³-hybridized carbons (Fsp3) is 0.545. The van der Waals surface area contributed by atoms with Crippen molar-refractivity contribution in [2.24, 2.45) is 0 Å². The highest BCUT2D eigenvalue weighted by molar-refractivity contribution is 7.17. The van der Waals surface area contributed by atoms with Crippen LogP contribution >= 0.6 is 11.3 Å². The Kier molecular flexibility index (Phi) is 6.09. The monoisotopic (exact) mass is 399 g/mol. The molecule has 5 nitrogen and oxygen atoms in total. The number of benzene rings is 1. The van der Waals surface area contributed by atoms with Crippen LogP contribution in [0.3, 0.4) is 0 Å². The van der Waals surface area contributed by atoms with Gasteiger partial charge in [-0.05, 0) is 19.8 Å². The number of nitrogens with zero attached hydrogens (tertiary/aromatic N) is 2. The second kappa shape index (κ2) is 8.72. The standard InChI is InChI=1S/C22H29N3O2S/c1-17-19(28-21(24-17)18-8-4-2-5-9-18)20(26)23-16-22(10-6-3-7-11-22)25-12-14-27-15-13-25/h2,4-5,8-9H,3,6-7,10-16H2,1H3,(H,23,26). The molecule has 1 aromatic heterocycles. The molecule has 1 amide bonds. The number of aromatic nitrogens is 1. The predicted octanol–water partition coefficient (Wildman–Crippen LogP) is 3.88. The van der Waals surface area contributed by atoms with E-state index in [4.69, 9.17) is 4.74 Å². The molecule has 0 radical (unpaired) electrons. The van der Waals surface area contributed by atoms with E-state index >= 15 is 0 Å². The first-order valence-corrected chi connectivity index (χ1v) is 11.1. The Hall–Kier alpha value is -1.76. The summed E-state index contributed by atoms with van der Waals surface area (Å²) in [6, 6.07) is 10.1. The third-order valence-corrected chi connectivity index (χ3v) is 7.27. The SMILES string of the molecule is Cc1nc(-c2ccccc2)sc1C(=O)NCC1(N2CCOCC2)CCCCC1. The van der Waals surface area contributed by atoms with Crippen LogP contribution in [0.2, 0.25) is 0 Å². The number of rotatable bonds is 5. The molecule has 1 N–H and O–H groups in total. The van der Waals surface area contributed by atoms with E-state index in [2.05, 4.69) is 15.2 Å². The number of thiazole rings is 1. The zero-order valence-corrected chi connectivity index (χ0v) is 17.4. The van der Waals surface area contributed by atoms with Gasteiger partial charge in [-0.3, -0.25) is 9.69 Å². The topological polar surface area (TPSA) is 54.5 Å². The molecule has 1 saturated heterocycles. The second-order valence-electron chi connectivity index (χ2n) is 7.87. The molecule has 2 fully saturated rings. The van der Waals surface area contributed by atoms with E-state index in [1.165, 1.54) is 30.6 Å². The van der Waals surface area contributed by atoms with Crippen molar-refractivity contribution in [3.05, 3.63) is 40.9 Å². The first kappa shape index (κ1) is 19.6. The molecule has 0 bridgehead atoms. The van der Waals surface area contributed by atoms with E-state index in [1.54, 1.807) is 0 Å². The van der Waals surface area contributed by atoms with Gasteiger partial charge in [-0.15, -0.1) is 11.3 Å². The van der Waals surface area contributed by atoms with Crippen LogP contribution in [-0.2, 0) is 4.74 Å². The molecule has 150 valence electrons. The summed E-state index contributed by atoms with van der Waals surface area (Å²) in [5.41, 5.74) is 1.95. The Labute approximate surface area is 171 Å². The van der Waals surface area contributed by atoms with Crippen molar-refractivity contribution in [2.45, 2.75) is 44.6 Å². The third-order valence-electron chi connectivity index (χ3n) is 6.07. The van der Waals surface area contributed by atoms with Crippen LogP contribution < -0.4 is 5.32 Å². The van der Waals surface area contributed by atoms with Gasteiger partial charge in [0.05, 0.1) is 18.9 Å². The van der Waals surface area contributed by atoms with Crippen molar-refractivity contribution in [2.75, 3.05) is 32.8 Å². The van der Waals surface area contributed by atoms with Crippen LogP contribution in [0, 0.1) is 6.92 Å². The Balaban J connectivity index is 1.47. The highest BCUT2D eigenvalue weighted by Gasteiger charge is 2.39. The lowest BCUT2D eigenvalue weighted by Gasteiger charge is -2.48. The fourth-order valence-corrected chi connectivity index (χ4v) is 5.48. The van der Waals surface area contributed by atoms with Gasteiger partial charge in [-0.1, -0.05) is 49.6 Å². The lowest BCUT2D eigenvalue weighted by Crippen LogP contribution is -2.59. The summed E-state index contributed by atoms with van der Waals surface area (Å²) in [7, 11) is 0. The number of hydrogen-bond acceptors (Lipinski definition) is 5. The quantitative estimate of drug-likeness (QED) is 0.829. The molecule has 1 aromatic carbocycles. The molecule has 1 saturated carbocycles. The number of carbonyl (C=O) groups is 1. The Morgan fingerprint density at radius 2 is 1.89 bits per heavy atom. The number of morpholine rings is 1. The average molecular weight is 400 g/mol. The van der Waals surface area contributed by atoms with Gasteiger partial charge in [0.15, 0.2) is 0 Å². The highest BCUT2D eigenvalue weighted by atomic mass is 32.1. The van der Waals surface area contributed by atoms with Crippen molar-refractivity contribution in [3.63, 3.8) is 0 Å². The smallest absolute Gasteiger partial charge is 0.263 e. The number of carbonyl (C=O) groups excluding carboxylic acids is 1. The van der Waals surface area contributed by atoms with E-state index < -0.39 is 0 Å². The zero-order valence-electron chi connectivity index (χ0n) is 16.6. The van der Waals surface area contributed by atoms with Gasteiger partial charge >= 0.3 is 0 Å². The van der Waals surface area contributed by atoms with Crippen LogP contribution in [0.5, 0.6) is 0 Å². The minimum atomic E-state index is 0.00962. The summed E-state index contributed by atoms with van der Waals surface area (Å²) in [5, 5.41) is 4.17. The van der Waals surface area contributed by atoms with E-state index in [0.29, 0.717) is 6.54 Å². The molecule has 4 rings (SSSR count). The lowest BCUT2D eigenvalue weighted by atomic mass is 9.79. The van der Waals surface area contributed by atoms with Crippen LogP contribution in [0.1, 0.15) is 47.5 Å². The van der Waals surface area contributed by atoms with Gasteiger partial charge < -0.3 is 10.1 Å². The lowest BCUT2D eigenvalue weighted by molar-refractivity contribution is -0.0361.